The predicted molar refractivity (Wildman–Crippen MR) is 56.4 cm³/mol. The van der Waals surface area contributed by atoms with Gasteiger partial charge in [0.1, 0.15) is 5.82 Å². The third-order valence-corrected chi connectivity index (χ3v) is 2.01. The van der Waals surface area contributed by atoms with Crippen LogP contribution in [0.4, 0.5) is 8.78 Å². The number of hydrogen-bond donors (Lipinski definition) is 1. The molecule has 0 unspecified atom stereocenters. The molecule has 2 rings (SSSR count). The van der Waals surface area contributed by atoms with Gasteiger partial charge in [-0.2, -0.15) is 0 Å². The van der Waals surface area contributed by atoms with Crippen molar-refractivity contribution in [1.29, 1.82) is 0 Å². The molecule has 1 aromatic heterocycles. The summed E-state index contributed by atoms with van der Waals surface area (Å²) in [5.74, 6) is -1.54. The van der Waals surface area contributed by atoms with Crippen LogP contribution in [0.2, 0.25) is 0 Å². The number of hydrogen-bond acceptors (Lipinski definition) is 4. The van der Waals surface area contributed by atoms with Gasteiger partial charge < -0.3 is 10.5 Å². The highest BCUT2D eigenvalue weighted by Crippen LogP contribution is 2.22. The van der Waals surface area contributed by atoms with Crippen LogP contribution in [0.5, 0.6) is 11.8 Å². The van der Waals surface area contributed by atoms with Crippen LogP contribution < -0.4 is 10.5 Å². The van der Waals surface area contributed by atoms with Crippen molar-refractivity contribution in [3.8, 4) is 11.8 Å². The highest BCUT2D eigenvalue weighted by atomic mass is 19.1. The van der Waals surface area contributed by atoms with Gasteiger partial charge in [-0.1, -0.05) is 0 Å². The summed E-state index contributed by atoms with van der Waals surface area (Å²) in [6, 6.07) is 2.83. The summed E-state index contributed by atoms with van der Waals surface area (Å²) in [5, 5.41) is 0. The second kappa shape index (κ2) is 4.84. The SMILES string of the molecule is NCc1cnc(Oc2cc(F)ccc2F)nc1. The first-order chi connectivity index (χ1) is 8.19. The second-order valence-corrected chi connectivity index (χ2v) is 3.25. The van der Waals surface area contributed by atoms with Crippen molar-refractivity contribution >= 4 is 0 Å². The molecular weight excluding hydrogens is 228 g/mol. The van der Waals surface area contributed by atoms with Crippen LogP contribution in [0.15, 0.2) is 30.6 Å². The molecule has 0 amide bonds. The average molecular weight is 237 g/mol. The quantitative estimate of drug-likeness (QED) is 0.886. The minimum absolute atomic E-state index is 0.0632. The second-order valence-electron chi connectivity index (χ2n) is 3.25. The Bertz CT molecular complexity index is 517. The molecular formula is C11H9F2N3O. The van der Waals surface area contributed by atoms with Crippen molar-refractivity contribution in [1.82, 2.24) is 9.97 Å². The smallest absolute Gasteiger partial charge is 0.321 e. The number of rotatable bonds is 3. The van der Waals surface area contributed by atoms with Crippen molar-refractivity contribution < 1.29 is 13.5 Å². The van der Waals surface area contributed by atoms with Crippen LogP contribution in [0.3, 0.4) is 0 Å². The molecule has 88 valence electrons. The largest absolute Gasteiger partial charge is 0.421 e. The van der Waals surface area contributed by atoms with Gasteiger partial charge in [-0.15, -0.1) is 0 Å². The van der Waals surface area contributed by atoms with E-state index >= 15 is 0 Å². The Morgan fingerprint density at radius 1 is 1.18 bits per heavy atom. The highest BCUT2D eigenvalue weighted by Gasteiger charge is 2.07. The van der Waals surface area contributed by atoms with Gasteiger partial charge in [0.15, 0.2) is 11.6 Å². The molecule has 0 saturated heterocycles. The Morgan fingerprint density at radius 2 is 1.88 bits per heavy atom. The van der Waals surface area contributed by atoms with E-state index in [4.69, 9.17) is 10.5 Å². The van der Waals surface area contributed by atoms with Gasteiger partial charge in [-0.3, -0.25) is 0 Å². The number of aromatic nitrogens is 2. The molecule has 4 nitrogen and oxygen atoms in total. The lowest BCUT2D eigenvalue weighted by atomic mass is 10.3. The third-order valence-electron chi connectivity index (χ3n) is 2.01. The van der Waals surface area contributed by atoms with Crippen LogP contribution in [0, 0.1) is 11.6 Å². The summed E-state index contributed by atoms with van der Waals surface area (Å²) in [6.07, 6.45) is 2.92. The third kappa shape index (κ3) is 2.73. The Hall–Kier alpha value is -2.08. The first kappa shape index (κ1) is 11.4. The molecule has 6 heteroatoms. The van der Waals surface area contributed by atoms with Crippen LogP contribution in [-0.2, 0) is 6.54 Å². The highest BCUT2D eigenvalue weighted by molar-refractivity contribution is 5.27. The van der Waals surface area contributed by atoms with Crippen LogP contribution in [-0.4, -0.2) is 9.97 Å². The van der Waals surface area contributed by atoms with E-state index in [1.54, 1.807) is 0 Å². The van der Waals surface area contributed by atoms with Gasteiger partial charge >= 0.3 is 6.01 Å². The molecule has 0 atom stereocenters. The summed E-state index contributed by atoms with van der Waals surface area (Å²) in [7, 11) is 0. The van der Waals surface area contributed by atoms with Gasteiger partial charge in [0.25, 0.3) is 0 Å². The predicted octanol–water partition coefficient (Wildman–Crippen LogP) is 2.01. The molecule has 0 aliphatic carbocycles. The zero-order valence-corrected chi connectivity index (χ0v) is 8.73. The van der Waals surface area contributed by atoms with Crippen molar-refractivity contribution in [2.24, 2.45) is 5.73 Å². The molecule has 0 fully saturated rings. The number of halogens is 2. The standard InChI is InChI=1S/C11H9F2N3O/c12-8-1-2-9(13)10(3-8)17-11-15-5-7(4-14)6-16-11/h1-3,5-6H,4,14H2. The van der Waals surface area contributed by atoms with E-state index in [0.717, 1.165) is 23.8 Å². The fourth-order valence-electron chi connectivity index (χ4n) is 1.15. The van der Waals surface area contributed by atoms with Crippen molar-refractivity contribution in [3.05, 3.63) is 47.8 Å². The first-order valence-corrected chi connectivity index (χ1v) is 4.83. The number of benzene rings is 1. The minimum Gasteiger partial charge on any atom is -0.421 e. The van der Waals surface area contributed by atoms with E-state index in [9.17, 15) is 8.78 Å². The Kier molecular flexibility index (Phi) is 3.24. The number of nitrogens with two attached hydrogens (primary N) is 1. The van der Waals surface area contributed by atoms with E-state index < -0.39 is 11.6 Å². The van der Waals surface area contributed by atoms with Gasteiger partial charge in [0.05, 0.1) is 0 Å². The minimum atomic E-state index is -0.682. The van der Waals surface area contributed by atoms with Crippen LogP contribution in [0.25, 0.3) is 0 Å². The fourth-order valence-corrected chi connectivity index (χ4v) is 1.15. The number of ether oxygens (including phenoxy) is 1. The molecule has 2 N–H and O–H groups in total. The molecule has 0 spiro atoms. The topological polar surface area (TPSA) is 61.0 Å². The van der Waals surface area contributed by atoms with Crippen LogP contribution >= 0.6 is 0 Å². The molecule has 0 radical (unpaired) electrons. The van der Waals surface area contributed by atoms with E-state index in [1.165, 1.54) is 12.4 Å². The van der Waals surface area contributed by atoms with Crippen LogP contribution in [0.1, 0.15) is 5.56 Å². The monoisotopic (exact) mass is 237 g/mol. The molecule has 2 aromatic rings. The zero-order valence-electron chi connectivity index (χ0n) is 8.73. The Morgan fingerprint density at radius 3 is 2.53 bits per heavy atom. The lowest BCUT2D eigenvalue weighted by molar-refractivity contribution is 0.406. The van der Waals surface area contributed by atoms with Crippen molar-refractivity contribution in [2.45, 2.75) is 6.54 Å². The van der Waals surface area contributed by atoms with Gasteiger partial charge in [0.2, 0.25) is 0 Å². The normalized spacial score (nSPS) is 10.3. The summed E-state index contributed by atoms with van der Waals surface area (Å²) in [6.45, 7) is 0.300. The molecule has 0 saturated carbocycles. The summed E-state index contributed by atoms with van der Waals surface area (Å²) in [4.78, 5) is 7.63. The lowest BCUT2D eigenvalue weighted by Crippen LogP contribution is -2.00. The molecule has 0 aliphatic heterocycles. The van der Waals surface area contributed by atoms with Crippen molar-refractivity contribution in [3.63, 3.8) is 0 Å². The maximum Gasteiger partial charge on any atom is 0.321 e. The molecule has 1 aromatic carbocycles. The van der Waals surface area contributed by atoms with E-state index in [2.05, 4.69) is 9.97 Å². The Labute approximate surface area is 96.1 Å². The summed E-state index contributed by atoms with van der Waals surface area (Å²) >= 11 is 0. The molecule has 0 aliphatic rings. The summed E-state index contributed by atoms with van der Waals surface area (Å²) < 4.78 is 31.1. The van der Waals surface area contributed by atoms with E-state index in [-0.39, 0.29) is 11.8 Å². The average Bonchev–Trinajstić information content (AvgIpc) is 2.35. The van der Waals surface area contributed by atoms with E-state index in [1.807, 2.05) is 0 Å². The first-order valence-electron chi connectivity index (χ1n) is 4.83. The Balaban J connectivity index is 2.22. The fraction of sp³-hybridized carbons (Fsp3) is 0.0909. The van der Waals surface area contributed by atoms with E-state index in [0.29, 0.717) is 6.54 Å². The number of nitrogens with zero attached hydrogens (tertiary/aromatic N) is 2. The van der Waals surface area contributed by atoms with Gasteiger partial charge in [-0.05, 0) is 12.1 Å². The van der Waals surface area contributed by atoms with Crippen molar-refractivity contribution in [2.75, 3.05) is 0 Å². The maximum atomic E-state index is 13.2. The lowest BCUT2D eigenvalue weighted by Gasteiger charge is -2.05. The van der Waals surface area contributed by atoms with Gasteiger partial charge in [-0.25, -0.2) is 18.7 Å². The molecule has 0 bridgehead atoms. The summed E-state index contributed by atoms with van der Waals surface area (Å²) in [5.41, 5.74) is 6.09. The maximum absolute atomic E-state index is 13.2. The molecule has 17 heavy (non-hydrogen) atoms. The zero-order chi connectivity index (χ0) is 12.3. The van der Waals surface area contributed by atoms with Gasteiger partial charge in [0, 0.05) is 30.6 Å². The molecule has 1 heterocycles.